The third-order valence-corrected chi connectivity index (χ3v) is 2.64. The number of hydrogen-bond acceptors (Lipinski definition) is 5. The van der Waals surface area contributed by atoms with Crippen LogP contribution >= 0.6 is 0 Å². The van der Waals surface area contributed by atoms with Crippen molar-refractivity contribution in [3.05, 3.63) is 0 Å². The van der Waals surface area contributed by atoms with Crippen molar-refractivity contribution in [1.29, 1.82) is 0 Å². The van der Waals surface area contributed by atoms with Gasteiger partial charge >= 0.3 is 6.09 Å². The van der Waals surface area contributed by atoms with Crippen LogP contribution in [0.1, 0.15) is 40.5 Å². The Kier molecular flexibility index (Phi) is 4.44. The predicted octanol–water partition coefficient (Wildman–Crippen LogP) is 1.32. The predicted molar refractivity (Wildman–Crippen MR) is 66.4 cm³/mol. The maximum absolute atomic E-state index is 12.1. The van der Waals surface area contributed by atoms with Gasteiger partial charge < -0.3 is 4.74 Å². The molecule has 0 aliphatic carbocycles. The number of carbonyl (C=O) groups is 4. The van der Waals surface area contributed by atoms with E-state index in [9.17, 15) is 19.2 Å². The standard InChI is InChI=1S/C13H19NO5/c1-8(15)7-9-10(16)5-6-14(11(9)17)12(18)19-13(2,3)4/h9H,5-7H2,1-4H3/t9-/m1/s1. The molecule has 0 N–H and O–H groups in total. The molecule has 0 aromatic heterocycles. The summed E-state index contributed by atoms with van der Waals surface area (Å²) in [7, 11) is 0. The lowest BCUT2D eigenvalue weighted by atomic mass is 9.91. The maximum Gasteiger partial charge on any atom is 0.417 e. The van der Waals surface area contributed by atoms with E-state index in [-0.39, 0.29) is 31.0 Å². The van der Waals surface area contributed by atoms with Gasteiger partial charge in [0.25, 0.3) is 0 Å². The molecule has 1 atom stereocenters. The van der Waals surface area contributed by atoms with Gasteiger partial charge in [-0.05, 0) is 27.7 Å². The number of nitrogens with zero attached hydrogens (tertiary/aromatic N) is 1. The fraction of sp³-hybridized carbons (Fsp3) is 0.692. The van der Waals surface area contributed by atoms with Crippen LogP contribution in [0.2, 0.25) is 0 Å². The number of carbonyl (C=O) groups excluding carboxylic acids is 4. The van der Waals surface area contributed by atoms with Crippen LogP contribution < -0.4 is 0 Å². The molecule has 0 saturated carbocycles. The number of hydrogen-bond donors (Lipinski definition) is 0. The van der Waals surface area contributed by atoms with Crippen LogP contribution in [0.5, 0.6) is 0 Å². The van der Waals surface area contributed by atoms with Crippen LogP contribution in [0, 0.1) is 5.92 Å². The Bertz CT molecular complexity index is 421. The van der Waals surface area contributed by atoms with E-state index in [0.29, 0.717) is 0 Å². The van der Waals surface area contributed by atoms with Crippen molar-refractivity contribution < 1.29 is 23.9 Å². The first-order valence-electron chi connectivity index (χ1n) is 6.18. The Morgan fingerprint density at radius 3 is 2.37 bits per heavy atom. The Labute approximate surface area is 112 Å². The largest absolute Gasteiger partial charge is 0.443 e. The van der Waals surface area contributed by atoms with Crippen molar-refractivity contribution in [3.63, 3.8) is 0 Å². The number of amides is 2. The second-order valence-corrected chi connectivity index (χ2v) is 5.65. The quantitative estimate of drug-likeness (QED) is 0.706. The van der Waals surface area contributed by atoms with Crippen LogP contribution in [0.3, 0.4) is 0 Å². The number of rotatable bonds is 2. The Morgan fingerprint density at radius 2 is 1.89 bits per heavy atom. The summed E-state index contributed by atoms with van der Waals surface area (Å²) in [6.45, 7) is 6.40. The summed E-state index contributed by atoms with van der Waals surface area (Å²) in [5, 5.41) is 0. The molecule has 1 aliphatic rings. The second-order valence-electron chi connectivity index (χ2n) is 5.65. The zero-order valence-electron chi connectivity index (χ0n) is 11.7. The average molecular weight is 269 g/mol. The molecule has 1 heterocycles. The third kappa shape index (κ3) is 4.15. The number of piperidine rings is 1. The second kappa shape index (κ2) is 5.50. The first-order chi connectivity index (χ1) is 8.61. The lowest BCUT2D eigenvalue weighted by molar-refractivity contribution is -0.146. The Morgan fingerprint density at radius 1 is 1.32 bits per heavy atom. The molecule has 106 valence electrons. The number of imide groups is 1. The molecule has 6 nitrogen and oxygen atoms in total. The van der Waals surface area contributed by atoms with Gasteiger partial charge in [0.15, 0.2) is 0 Å². The maximum atomic E-state index is 12.1. The first-order valence-corrected chi connectivity index (χ1v) is 6.18. The zero-order valence-corrected chi connectivity index (χ0v) is 11.7. The van der Waals surface area contributed by atoms with E-state index in [1.807, 2.05) is 0 Å². The smallest absolute Gasteiger partial charge is 0.417 e. The molecule has 19 heavy (non-hydrogen) atoms. The highest BCUT2D eigenvalue weighted by atomic mass is 16.6. The highest BCUT2D eigenvalue weighted by Gasteiger charge is 2.40. The van der Waals surface area contributed by atoms with Gasteiger partial charge in [-0.2, -0.15) is 0 Å². The van der Waals surface area contributed by atoms with Crippen molar-refractivity contribution >= 4 is 23.6 Å². The van der Waals surface area contributed by atoms with Crippen molar-refractivity contribution in [2.24, 2.45) is 5.92 Å². The molecule has 1 fully saturated rings. The molecule has 0 aromatic rings. The van der Waals surface area contributed by atoms with Crippen molar-refractivity contribution in [2.75, 3.05) is 6.54 Å². The molecule has 0 bridgehead atoms. The molecular weight excluding hydrogens is 250 g/mol. The van der Waals surface area contributed by atoms with E-state index in [2.05, 4.69) is 0 Å². The van der Waals surface area contributed by atoms with Gasteiger partial charge in [-0.25, -0.2) is 9.69 Å². The van der Waals surface area contributed by atoms with Crippen molar-refractivity contribution in [1.82, 2.24) is 4.90 Å². The summed E-state index contributed by atoms with van der Waals surface area (Å²) in [5.74, 6) is -2.22. The van der Waals surface area contributed by atoms with E-state index in [1.54, 1.807) is 20.8 Å². The molecule has 0 spiro atoms. The molecule has 1 aliphatic heterocycles. The number of Topliss-reactive ketones (excluding diaryl/α,β-unsaturated/α-hetero) is 2. The number of ketones is 2. The van der Waals surface area contributed by atoms with Crippen LogP contribution in [-0.4, -0.2) is 40.6 Å². The fourth-order valence-electron chi connectivity index (χ4n) is 1.82. The Hall–Kier alpha value is -1.72. The number of likely N-dealkylation sites (tertiary alicyclic amines) is 1. The third-order valence-electron chi connectivity index (χ3n) is 2.64. The molecule has 0 aromatic carbocycles. The van der Waals surface area contributed by atoms with Gasteiger partial charge in [0.05, 0.1) is 0 Å². The van der Waals surface area contributed by atoms with Crippen LogP contribution in [-0.2, 0) is 19.1 Å². The van der Waals surface area contributed by atoms with E-state index >= 15 is 0 Å². The lowest BCUT2D eigenvalue weighted by Gasteiger charge is -2.31. The normalized spacial score (nSPS) is 20.4. The van der Waals surface area contributed by atoms with Crippen LogP contribution in [0.4, 0.5) is 4.79 Å². The highest BCUT2D eigenvalue weighted by Crippen LogP contribution is 2.21. The van der Waals surface area contributed by atoms with Gasteiger partial charge in [-0.3, -0.25) is 14.4 Å². The number of ether oxygens (including phenoxy) is 1. The molecule has 2 amide bonds. The average Bonchev–Trinajstić information content (AvgIpc) is 2.21. The van der Waals surface area contributed by atoms with Crippen LogP contribution in [0.25, 0.3) is 0 Å². The zero-order chi connectivity index (χ0) is 14.8. The topological polar surface area (TPSA) is 80.8 Å². The molecule has 6 heteroatoms. The van der Waals surface area contributed by atoms with Gasteiger partial charge in [0.1, 0.15) is 23.1 Å². The van der Waals surface area contributed by atoms with Gasteiger partial charge in [0.2, 0.25) is 5.91 Å². The first kappa shape index (κ1) is 15.3. The molecule has 1 saturated heterocycles. The molecule has 0 unspecified atom stereocenters. The van der Waals surface area contributed by atoms with E-state index < -0.39 is 23.5 Å². The van der Waals surface area contributed by atoms with Gasteiger partial charge in [0, 0.05) is 19.4 Å². The summed E-state index contributed by atoms with van der Waals surface area (Å²) in [6, 6.07) is 0. The van der Waals surface area contributed by atoms with Crippen molar-refractivity contribution in [2.45, 2.75) is 46.1 Å². The highest BCUT2D eigenvalue weighted by molar-refractivity contribution is 6.10. The summed E-state index contributed by atoms with van der Waals surface area (Å²) < 4.78 is 5.11. The SMILES string of the molecule is CC(=O)C[C@@H]1C(=O)CCN(C(=O)OC(C)(C)C)C1=O. The molecular formula is C13H19NO5. The minimum absolute atomic E-state index is 0.0149. The van der Waals surface area contributed by atoms with Crippen LogP contribution in [0.15, 0.2) is 0 Å². The minimum atomic E-state index is -1.04. The summed E-state index contributed by atoms with van der Waals surface area (Å²) in [4.78, 5) is 47.5. The summed E-state index contributed by atoms with van der Waals surface area (Å²) in [6.07, 6.45) is -0.849. The molecule has 1 rings (SSSR count). The lowest BCUT2D eigenvalue weighted by Crippen LogP contribution is -2.50. The van der Waals surface area contributed by atoms with Gasteiger partial charge in [-0.1, -0.05) is 0 Å². The van der Waals surface area contributed by atoms with Crippen molar-refractivity contribution in [3.8, 4) is 0 Å². The monoisotopic (exact) mass is 269 g/mol. The fourth-order valence-corrected chi connectivity index (χ4v) is 1.82. The Balaban J connectivity index is 2.81. The van der Waals surface area contributed by atoms with E-state index in [0.717, 1.165) is 4.90 Å². The van der Waals surface area contributed by atoms with E-state index in [4.69, 9.17) is 4.74 Å². The minimum Gasteiger partial charge on any atom is -0.443 e. The summed E-state index contributed by atoms with van der Waals surface area (Å²) >= 11 is 0. The van der Waals surface area contributed by atoms with E-state index in [1.165, 1.54) is 6.92 Å². The molecule has 0 radical (unpaired) electrons. The van der Waals surface area contributed by atoms with Gasteiger partial charge in [-0.15, -0.1) is 0 Å². The summed E-state index contributed by atoms with van der Waals surface area (Å²) in [5.41, 5.74) is -0.713.